The quantitative estimate of drug-likeness (QED) is 0.723. The van der Waals surface area contributed by atoms with Crippen molar-refractivity contribution < 1.29 is 9.47 Å². The lowest BCUT2D eigenvalue weighted by atomic mass is 10.1. The van der Waals surface area contributed by atoms with Gasteiger partial charge in [-0.05, 0) is 42.3 Å². The maximum atomic E-state index is 12.3. The number of fused-ring (bicyclic) bond motifs is 2. The molecule has 4 rings (SSSR count). The van der Waals surface area contributed by atoms with E-state index < -0.39 is 0 Å². The molecule has 1 aliphatic rings. The second-order valence-electron chi connectivity index (χ2n) is 5.61. The van der Waals surface area contributed by atoms with Gasteiger partial charge in [-0.15, -0.1) is 0 Å². The predicted octanol–water partition coefficient (Wildman–Crippen LogP) is 4.35. The molecule has 0 atom stereocenters. The Morgan fingerprint density at radius 1 is 1.32 bits per heavy atom. The molecule has 2 heterocycles. The normalized spacial score (nSPS) is 13.5. The van der Waals surface area contributed by atoms with E-state index >= 15 is 0 Å². The van der Waals surface area contributed by atoms with E-state index in [1.165, 1.54) is 0 Å². The molecule has 126 valence electrons. The lowest BCUT2D eigenvalue weighted by Gasteiger charge is -2.05. The Bertz CT molecular complexity index is 1090. The molecule has 0 spiro atoms. The third-order valence-corrected chi connectivity index (χ3v) is 4.48. The Hall–Kier alpha value is -2.50. The van der Waals surface area contributed by atoms with E-state index in [0.29, 0.717) is 38.8 Å². The second-order valence-corrected chi connectivity index (χ2v) is 6.43. The van der Waals surface area contributed by atoms with E-state index in [4.69, 9.17) is 32.7 Å². The summed E-state index contributed by atoms with van der Waals surface area (Å²) in [6, 6.07) is 8.92. The number of halogens is 2. The monoisotopic (exact) mass is 374 g/mol. The minimum atomic E-state index is -0.237. The van der Waals surface area contributed by atoms with Crippen molar-refractivity contribution in [3.05, 3.63) is 62.7 Å². The van der Waals surface area contributed by atoms with Crippen molar-refractivity contribution in [2.75, 3.05) is 6.79 Å². The summed E-state index contributed by atoms with van der Waals surface area (Å²) in [6.45, 7) is 2.03. The molecular formula is C18H12Cl2N2O3. The van der Waals surface area contributed by atoms with Crippen LogP contribution in [0.1, 0.15) is 17.0 Å². The molecule has 2 aromatic carbocycles. The first-order valence-corrected chi connectivity index (χ1v) is 8.25. The molecular weight excluding hydrogens is 363 g/mol. The smallest absolute Gasteiger partial charge is 0.259 e. The van der Waals surface area contributed by atoms with Crippen LogP contribution in [0.4, 0.5) is 0 Å². The maximum absolute atomic E-state index is 12.3. The number of hydrogen-bond acceptors (Lipinski definition) is 4. The summed E-state index contributed by atoms with van der Waals surface area (Å²) >= 11 is 12.6. The number of rotatable bonds is 2. The molecule has 1 N–H and O–H groups in total. The van der Waals surface area contributed by atoms with E-state index in [1.54, 1.807) is 24.3 Å². The van der Waals surface area contributed by atoms with Crippen molar-refractivity contribution in [1.29, 1.82) is 0 Å². The van der Waals surface area contributed by atoms with Crippen LogP contribution in [0.3, 0.4) is 0 Å². The van der Waals surface area contributed by atoms with E-state index in [2.05, 4.69) is 9.97 Å². The van der Waals surface area contributed by atoms with Crippen LogP contribution in [0.25, 0.3) is 22.0 Å². The summed E-state index contributed by atoms with van der Waals surface area (Å²) in [7, 11) is 0. The zero-order valence-corrected chi connectivity index (χ0v) is 14.6. The molecule has 0 fully saturated rings. The Kier molecular flexibility index (Phi) is 3.90. The summed E-state index contributed by atoms with van der Waals surface area (Å²) in [5, 5.41) is 1.25. The molecule has 0 aliphatic carbocycles. The minimum absolute atomic E-state index is 0.134. The number of aryl methyl sites for hydroxylation is 1. The van der Waals surface area contributed by atoms with Crippen molar-refractivity contribution in [1.82, 2.24) is 9.97 Å². The third-order valence-electron chi connectivity index (χ3n) is 3.91. The van der Waals surface area contributed by atoms with Crippen molar-refractivity contribution in [3.8, 4) is 11.5 Å². The Morgan fingerprint density at radius 2 is 2.16 bits per heavy atom. The summed E-state index contributed by atoms with van der Waals surface area (Å²) in [5.41, 5.74) is 2.00. The molecule has 0 saturated carbocycles. The maximum Gasteiger partial charge on any atom is 0.259 e. The second kappa shape index (κ2) is 6.10. The van der Waals surface area contributed by atoms with Gasteiger partial charge in [0.2, 0.25) is 6.79 Å². The Balaban J connectivity index is 1.81. The van der Waals surface area contributed by atoms with Crippen molar-refractivity contribution in [2.45, 2.75) is 6.92 Å². The van der Waals surface area contributed by atoms with Gasteiger partial charge in [0, 0.05) is 0 Å². The summed E-state index contributed by atoms with van der Waals surface area (Å²) in [6.07, 6.45) is 1.66. The number of para-hydroxylation sites is 1. The van der Waals surface area contributed by atoms with Crippen LogP contribution in [0.15, 0.2) is 35.1 Å². The zero-order chi connectivity index (χ0) is 17.6. The van der Waals surface area contributed by atoms with Crippen LogP contribution in [0.5, 0.6) is 11.5 Å². The molecule has 0 amide bonds. The van der Waals surface area contributed by atoms with Crippen LogP contribution in [0, 0.1) is 6.92 Å². The van der Waals surface area contributed by atoms with Crippen LogP contribution in [-0.4, -0.2) is 16.8 Å². The van der Waals surface area contributed by atoms with Gasteiger partial charge in [0.25, 0.3) is 5.56 Å². The molecule has 1 aromatic heterocycles. The average molecular weight is 375 g/mol. The number of hydrogen-bond donors (Lipinski definition) is 1. The summed E-state index contributed by atoms with van der Waals surface area (Å²) < 4.78 is 10.6. The number of benzene rings is 2. The summed E-state index contributed by atoms with van der Waals surface area (Å²) in [5.74, 6) is 1.36. The number of aromatic nitrogens is 2. The van der Waals surface area contributed by atoms with E-state index in [-0.39, 0.29) is 17.4 Å². The number of H-pyrrole nitrogens is 1. The predicted molar refractivity (Wildman–Crippen MR) is 98.4 cm³/mol. The fourth-order valence-electron chi connectivity index (χ4n) is 2.70. The van der Waals surface area contributed by atoms with Gasteiger partial charge in [0.15, 0.2) is 17.3 Å². The minimum Gasteiger partial charge on any atom is -0.454 e. The molecule has 0 saturated heterocycles. The number of nitrogens with one attached hydrogen (secondary N) is 1. The largest absolute Gasteiger partial charge is 0.454 e. The van der Waals surface area contributed by atoms with Gasteiger partial charge < -0.3 is 14.5 Å². The fraction of sp³-hybridized carbons (Fsp3) is 0.111. The lowest BCUT2D eigenvalue weighted by molar-refractivity contribution is 0.174. The third kappa shape index (κ3) is 2.86. The Labute approximate surface area is 152 Å². The van der Waals surface area contributed by atoms with E-state index in [0.717, 1.165) is 5.56 Å². The van der Waals surface area contributed by atoms with Gasteiger partial charge in [-0.25, -0.2) is 4.98 Å². The number of nitrogens with zero attached hydrogens (tertiary/aromatic N) is 1. The average Bonchev–Trinajstić information content (AvgIpc) is 3.04. The molecule has 0 radical (unpaired) electrons. The Morgan fingerprint density at radius 3 is 3.00 bits per heavy atom. The van der Waals surface area contributed by atoms with Crippen molar-refractivity contribution in [2.24, 2.45) is 0 Å². The van der Waals surface area contributed by atoms with Gasteiger partial charge >= 0.3 is 0 Å². The van der Waals surface area contributed by atoms with E-state index in [1.807, 2.05) is 19.1 Å². The SMILES string of the molecule is Cc1cccc2c(=O)[nH]c(/C(Cl)=C/c3cc(Cl)c4c(c3)OCO4)nc12. The highest BCUT2D eigenvalue weighted by Crippen LogP contribution is 2.40. The molecule has 0 unspecified atom stereocenters. The molecule has 1 aliphatic heterocycles. The van der Waals surface area contributed by atoms with E-state index in [9.17, 15) is 4.79 Å². The van der Waals surface area contributed by atoms with Gasteiger partial charge in [-0.2, -0.15) is 0 Å². The van der Waals surface area contributed by atoms with Crippen LogP contribution < -0.4 is 15.0 Å². The molecule has 5 nitrogen and oxygen atoms in total. The number of ether oxygens (including phenoxy) is 2. The van der Waals surface area contributed by atoms with Crippen molar-refractivity contribution >= 4 is 45.2 Å². The molecule has 3 aromatic rings. The van der Waals surface area contributed by atoms with Crippen molar-refractivity contribution in [3.63, 3.8) is 0 Å². The van der Waals surface area contributed by atoms with Crippen LogP contribution >= 0.6 is 23.2 Å². The first-order valence-electron chi connectivity index (χ1n) is 7.49. The standard InChI is InChI=1S/C18H12Cl2N2O3/c1-9-3-2-4-11-15(9)21-17(22-18(11)23)13(20)6-10-5-12(19)16-14(7-10)24-8-25-16/h2-7H,8H2,1H3,(H,21,22,23)/b13-6-. The van der Waals surface area contributed by atoms with Crippen LogP contribution in [-0.2, 0) is 0 Å². The first-order chi connectivity index (χ1) is 12.0. The highest BCUT2D eigenvalue weighted by atomic mass is 35.5. The number of aromatic amines is 1. The van der Waals surface area contributed by atoms with Gasteiger partial charge in [-0.3, -0.25) is 4.79 Å². The van der Waals surface area contributed by atoms with Gasteiger partial charge in [0.05, 0.1) is 21.0 Å². The van der Waals surface area contributed by atoms with Gasteiger partial charge in [-0.1, -0.05) is 35.3 Å². The first kappa shape index (κ1) is 16.0. The summed E-state index contributed by atoms with van der Waals surface area (Å²) in [4.78, 5) is 19.5. The molecule has 25 heavy (non-hydrogen) atoms. The topological polar surface area (TPSA) is 64.2 Å². The highest BCUT2D eigenvalue weighted by Gasteiger charge is 2.18. The lowest BCUT2D eigenvalue weighted by Crippen LogP contribution is -2.11. The van der Waals surface area contributed by atoms with Crippen LogP contribution in [0.2, 0.25) is 5.02 Å². The highest BCUT2D eigenvalue weighted by molar-refractivity contribution is 6.50. The van der Waals surface area contributed by atoms with Gasteiger partial charge in [0.1, 0.15) is 0 Å². The molecule has 7 heteroatoms. The zero-order valence-electron chi connectivity index (χ0n) is 13.1. The fourth-order valence-corrected chi connectivity index (χ4v) is 3.19. The molecule has 0 bridgehead atoms.